The Bertz CT molecular complexity index is 372. The van der Waals surface area contributed by atoms with Crippen molar-refractivity contribution in [3.8, 4) is 0 Å². The molecule has 0 fully saturated rings. The van der Waals surface area contributed by atoms with E-state index in [0.717, 1.165) is 18.8 Å². The van der Waals surface area contributed by atoms with E-state index in [4.69, 9.17) is 10.5 Å². The third-order valence-corrected chi connectivity index (χ3v) is 2.02. The van der Waals surface area contributed by atoms with Gasteiger partial charge in [-0.05, 0) is 6.42 Å². The fourth-order valence-corrected chi connectivity index (χ4v) is 1.23. The number of rotatable bonds is 9. The second-order valence-electron chi connectivity index (χ2n) is 3.66. The number of amides is 1. The van der Waals surface area contributed by atoms with E-state index in [-0.39, 0.29) is 6.61 Å². The van der Waals surface area contributed by atoms with Gasteiger partial charge in [0.15, 0.2) is 0 Å². The van der Waals surface area contributed by atoms with Crippen LogP contribution in [0.25, 0.3) is 0 Å². The Balaban J connectivity index is 2.26. The summed E-state index contributed by atoms with van der Waals surface area (Å²) in [6, 6.07) is 1.82. The highest BCUT2D eigenvalue weighted by molar-refractivity contribution is 5.74. The highest BCUT2D eigenvalue weighted by atomic mass is 16.5. The van der Waals surface area contributed by atoms with E-state index in [9.17, 15) is 4.79 Å². The summed E-state index contributed by atoms with van der Waals surface area (Å²) in [4.78, 5) is 18.6. The number of hydrogen-bond acceptors (Lipinski definition) is 6. The number of primary amides is 1. The second kappa shape index (κ2) is 8.24. The van der Waals surface area contributed by atoms with Gasteiger partial charge in [-0.15, -0.1) is 0 Å². The van der Waals surface area contributed by atoms with Crippen LogP contribution in [-0.2, 0) is 9.53 Å². The largest absolute Gasteiger partial charge is 0.370 e. The number of aromatic nitrogens is 2. The minimum atomic E-state index is -0.469. The highest BCUT2D eigenvalue weighted by Gasteiger charge is 1.98. The average Bonchev–Trinajstić information content (AvgIpc) is 2.36. The van der Waals surface area contributed by atoms with Crippen molar-refractivity contribution in [2.75, 3.05) is 36.9 Å². The van der Waals surface area contributed by atoms with Crippen molar-refractivity contribution in [2.45, 2.75) is 13.3 Å². The maximum absolute atomic E-state index is 10.4. The summed E-state index contributed by atoms with van der Waals surface area (Å²) < 4.78 is 5.02. The maximum atomic E-state index is 10.4. The lowest BCUT2D eigenvalue weighted by Gasteiger charge is -2.07. The highest BCUT2D eigenvalue weighted by Crippen LogP contribution is 2.07. The molecule has 7 heteroatoms. The van der Waals surface area contributed by atoms with Gasteiger partial charge in [0.25, 0.3) is 0 Å². The third kappa shape index (κ3) is 6.00. The van der Waals surface area contributed by atoms with Gasteiger partial charge in [-0.25, -0.2) is 9.97 Å². The Kier molecular flexibility index (Phi) is 6.49. The van der Waals surface area contributed by atoms with Crippen LogP contribution in [0.2, 0.25) is 0 Å². The first-order valence-electron chi connectivity index (χ1n) is 5.88. The molecule has 0 spiro atoms. The van der Waals surface area contributed by atoms with E-state index >= 15 is 0 Å². The summed E-state index contributed by atoms with van der Waals surface area (Å²) in [5.74, 6) is 1.03. The standard InChI is InChI=1S/C11H19N5O2/c1-2-3-13-10-6-11(16-8-15-10)14-4-5-18-7-9(12)17/h6,8H,2-5,7H2,1H3,(H2,12,17)(H2,13,14,15,16). The third-order valence-electron chi connectivity index (χ3n) is 2.02. The van der Waals surface area contributed by atoms with Gasteiger partial charge in [0.1, 0.15) is 24.6 Å². The normalized spacial score (nSPS) is 10.1. The summed E-state index contributed by atoms with van der Waals surface area (Å²) in [6.07, 6.45) is 2.53. The molecule has 0 radical (unpaired) electrons. The zero-order chi connectivity index (χ0) is 13.2. The van der Waals surface area contributed by atoms with Crippen molar-refractivity contribution >= 4 is 17.5 Å². The summed E-state index contributed by atoms with van der Waals surface area (Å²) in [6.45, 7) is 3.85. The van der Waals surface area contributed by atoms with E-state index in [0.29, 0.717) is 19.0 Å². The Morgan fingerprint density at radius 1 is 1.33 bits per heavy atom. The van der Waals surface area contributed by atoms with Crippen molar-refractivity contribution in [1.29, 1.82) is 0 Å². The number of anilines is 2. The molecule has 1 rings (SSSR count). The van der Waals surface area contributed by atoms with Gasteiger partial charge in [0, 0.05) is 19.2 Å². The van der Waals surface area contributed by atoms with Gasteiger partial charge in [0.2, 0.25) is 5.91 Å². The molecule has 0 saturated heterocycles. The summed E-state index contributed by atoms with van der Waals surface area (Å²) in [7, 11) is 0. The molecule has 0 aromatic carbocycles. The second-order valence-corrected chi connectivity index (χ2v) is 3.66. The molecule has 7 nitrogen and oxygen atoms in total. The molecule has 0 saturated carbocycles. The molecule has 1 amide bonds. The van der Waals surface area contributed by atoms with Gasteiger partial charge >= 0.3 is 0 Å². The quantitative estimate of drug-likeness (QED) is 0.544. The molecule has 1 aromatic rings. The predicted octanol–water partition coefficient (Wildman–Crippen LogP) is 0.212. The number of hydrogen-bond donors (Lipinski definition) is 3. The summed E-state index contributed by atoms with van der Waals surface area (Å²) in [5.41, 5.74) is 4.94. The molecule has 1 heterocycles. The van der Waals surface area contributed by atoms with E-state index in [1.807, 2.05) is 6.07 Å². The molecule has 0 aliphatic carbocycles. The van der Waals surface area contributed by atoms with Gasteiger partial charge in [-0.1, -0.05) is 6.92 Å². The zero-order valence-electron chi connectivity index (χ0n) is 10.5. The van der Waals surface area contributed by atoms with Crippen molar-refractivity contribution in [3.05, 3.63) is 12.4 Å². The fraction of sp³-hybridized carbons (Fsp3) is 0.545. The van der Waals surface area contributed by atoms with Gasteiger partial charge < -0.3 is 21.1 Å². The van der Waals surface area contributed by atoms with E-state index in [1.165, 1.54) is 6.33 Å². The van der Waals surface area contributed by atoms with Crippen LogP contribution < -0.4 is 16.4 Å². The van der Waals surface area contributed by atoms with Gasteiger partial charge in [0.05, 0.1) is 6.61 Å². The van der Waals surface area contributed by atoms with Crippen LogP contribution in [0.3, 0.4) is 0 Å². The lowest BCUT2D eigenvalue weighted by Crippen LogP contribution is -2.20. The molecule has 0 unspecified atom stereocenters. The molecule has 100 valence electrons. The summed E-state index contributed by atoms with van der Waals surface area (Å²) in [5, 5.41) is 6.23. The monoisotopic (exact) mass is 253 g/mol. The van der Waals surface area contributed by atoms with Crippen molar-refractivity contribution < 1.29 is 9.53 Å². The smallest absolute Gasteiger partial charge is 0.243 e. The Morgan fingerprint density at radius 3 is 2.61 bits per heavy atom. The minimum Gasteiger partial charge on any atom is -0.370 e. The molecule has 1 aromatic heterocycles. The van der Waals surface area contributed by atoms with Crippen LogP contribution in [0.5, 0.6) is 0 Å². The van der Waals surface area contributed by atoms with Gasteiger partial charge in [-0.2, -0.15) is 0 Å². The minimum absolute atomic E-state index is 0.0608. The van der Waals surface area contributed by atoms with Crippen molar-refractivity contribution in [3.63, 3.8) is 0 Å². The fourth-order valence-electron chi connectivity index (χ4n) is 1.23. The predicted molar refractivity (Wildman–Crippen MR) is 69.3 cm³/mol. The van der Waals surface area contributed by atoms with Crippen LogP contribution in [-0.4, -0.2) is 42.2 Å². The first-order valence-corrected chi connectivity index (χ1v) is 5.88. The molecular formula is C11H19N5O2. The molecular weight excluding hydrogens is 234 g/mol. The lowest BCUT2D eigenvalue weighted by atomic mass is 10.4. The lowest BCUT2D eigenvalue weighted by molar-refractivity contribution is -0.122. The van der Waals surface area contributed by atoms with E-state index in [2.05, 4.69) is 27.5 Å². The Labute approximate surface area is 106 Å². The molecule has 0 atom stereocenters. The van der Waals surface area contributed by atoms with E-state index < -0.39 is 5.91 Å². The van der Waals surface area contributed by atoms with Crippen LogP contribution in [0.15, 0.2) is 12.4 Å². The van der Waals surface area contributed by atoms with Crippen LogP contribution in [0.1, 0.15) is 13.3 Å². The number of carbonyl (C=O) groups is 1. The molecule has 18 heavy (non-hydrogen) atoms. The van der Waals surface area contributed by atoms with Crippen molar-refractivity contribution in [2.24, 2.45) is 5.73 Å². The summed E-state index contributed by atoms with van der Waals surface area (Å²) >= 11 is 0. The van der Waals surface area contributed by atoms with Gasteiger partial charge in [-0.3, -0.25) is 4.79 Å². The first kappa shape index (κ1) is 14.2. The number of nitrogens with two attached hydrogens (primary N) is 1. The Morgan fingerprint density at radius 2 is 2.00 bits per heavy atom. The van der Waals surface area contributed by atoms with Crippen LogP contribution in [0.4, 0.5) is 11.6 Å². The number of nitrogens with zero attached hydrogens (tertiary/aromatic N) is 2. The number of ether oxygens (including phenoxy) is 1. The zero-order valence-corrected chi connectivity index (χ0v) is 10.5. The SMILES string of the molecule is CCCNc1cc(NCCOCC(N)=O)ncn1. The van der Waals surface area contributed by atoms with E-state index in [1.54, 1.807) is 0 Å². The van der Waals surface area contributed by atoms with Crippen LogP contribution >= 0.6 is 0 Å². The maximum Gasteiger partial charge on any atom is 0.243 e. The van der Waals surface area contributed by atoms with Crippen molar-refractivity contribution in [1.82, 2.24) is 9.97 Å². The molecule has 0 bridgehead atoms. The molecule has 4 N–H and O–H groups in total. The first-order chi connectivity index (χ1) is 8.72. The topological polar surface area (TPSA) is 102 Å². The Hall–Kier alpha value is -1.89. The van der Waals surface area contributed by atoms with Crippen LogP contribution in [0, 0.1) is 0 Å². The molecule has 0 aliphatic heterocycles. The number of nitrogens with one attached hydrogen (secondary N) is 2. The average molecular weight is 253 g/mol. The molecule has 0 aliphatic rings. The number of carbonyl (C=O) groups excluding carboxylic acids is 1.